The summed E-state index contributed by atoms with van der Waals surface area (Å²) in [6.07, 6.45) is 5.21. The van der Waals surface area contributed by atoms with Crippen LogP contribution in [0.15, 0.2) is 0 Å². The van der Waals surface area contributed by atoms with Gasteiger partial charge in [0.05, 0.1) is 25.6 Å². The van der Waals surface area contributed by atoms with E-state index in [-0.39, 0.29) is 24.3 Å². The van der Waals surface area contributed by atoms with Gasteiger partial charge in [0.15, 0.2) is 0 Å². The number of esters is 2. The molecule has 0 rings (SSSR count). The second-order valence-electron chi connectivity index (χ2n) is 4.31. The van der Waals surface area contributed by atoms with E-state index in [4.69, 9.17) is 9.47 Å². The van der Waals surface area contributed by atoms with Gasteiger partial charge in [-0.05, 0) is 20.3 Å². The summed E-state index contributed by atoms with van der Waals surface area (Å²) < 4.78 is 9.87. The van der Waals surface area contributed by atoms with Crippen LogP contribution in [-0.4, -0.2) is 25.2 Å². The molecule has 0 saturated heterocycles. The zero-order valence-electron chi connectivity index (χ0n) is 11.9. The van der Waals surface area contributed by atoms with Gasteiger partial charge in [-0.2, -0.15) is 0 Å². The molecule has 0 N–H and O–H groups in total. The minimum Gasteiger partial charge on any atom is -0.466 e. The molecule has 0 heterocycles. The van der Waals surface area contributed by atoms with Crippen LogP contribution in [0.3, 0.4) is 0 Å². The summed E-state index contributed by atoms with van der Waals surface area (Å²) in [5.74, 6) is -0.936. The Labute approximate surface area is 110 Å². The van der Waals surface area contributed by atoms with Crippen molar-refractivity contribution in [2.24, 2.45) is 5.92 Å². The van der Waals surface area contributed by atoms with Gasteiger partial charge in [-0.25, -0.2) is 0 Å². The number of ether oxygens (including phenoxy) is 2. The van der Waals surface area contributed by atoms with Crippen LogP contribution >= 0.6 is 0 Å². The van der Waals surface area contributed by atoms with E-state index in [1.807, 2.05) is 0 Å². The lowest BCUT2D eigenvalue weighted by atomic mass is 9.97. The summed E-state index contributed by atoms with van der Waals surface area (Å²) in [7, 11) is 0. The Morgan fingerprint density at radius 1 is 0.944 bits per heavy atom. The number of carbonyl (C=O) groups excluding carboxylic acids is 2. The maximum Gasteiger partial charge on any atom is 0.309 e. The molecule has 0 unspecified atom stereocenters. The van der Waals surface area contributed by atoms with Crippen molar-refractivity contribution in [1.29, 1.82) is 0 Å². The van der Waals surface area contributed by atoms with E-state index in [1.165, 1.54) is 0 Å². The van der Waals surface area contributed by atoms with Crippen LogP contribution in [-0.2, 0) is 19.1 Å². The Kier molecular flexibility index (Phi) is 10.4. The topological polar surface area (TPSA) is 52.6 Å². The van der Waals surface area contributed by atoms with E-state index >= 15 is 0 Å². The van der Waals surface area contributed by atoms with Crippen molar-refractivity contribution in [3.8, 4) is 0 Å². The molecule has 0 saturated carbocycles. The van der Waals surface area contributed by atoms with Gasteiger partial charge in [-0.15, -0.1) is 0 Å². The molecule has 0 spiro atoms. The van der Waals surface area contributed by atoms with Gasteiger partial charge in [0.25, 0.3) is 0 Å². The predicted octanol–water partition coefficient (Wildman–Crippen LogP) is 3.09. The Bertz CT molecular complexity index is 238. The van der Waals surface area contributed by atoms with Crippen molar-refractivity contribution in [3.05, 3.63) is 0 Å². The Balaban J connectivity index is 4.15. The maximum atomic E-state index is 11.7. The smallest absolute Gasteiger partial charge is 0.309 e. The van der Waals surface area contributed by atoms with E-state index in [0.717, 1.165) is 25.7 Å². The molecule has 0 radical (unpaired) electrons. The number of hydrogen-bond donors (Lipinski definition) is 0. The molecule has 106 valence electrons. The lowest BCUT2D eigenvalue weighted by molar-refractivity contribution is -0.155. The molecule has 0 aromatic heterocycles. The first-order valence-electron chi connectivity index (χ1n) is 6.97. The van der Waals surface area contributed by atoms with Crippen molar-refractivity contribution in [2.45, 2.75) is 59.3 Å². The Hall–Kier alpha value is -1.06. The average molecular weight is 258 g/mol. The van der Waals surface area contributed by atoms with Gasteiger partial charge in [0, 0.05) is 0 Å². The summed E-state index contributed by atoms with van der Waals surface area (Å²) in [6, 6.07) is 0. The maximum absolute atomic E-state index is 11.7. The van der Waals surface area contributed by atoms with Gasteiger partial charge < -0.3 is 9.47 Å². The van der Waals surface area contributed by atoms with Crippen molar-refractivity contribution < 1.29 is 19.1 Å². The van der Waals surface area contributed by atoms with Crippen molar-refractivity contribution in [3.63, 3.8) is 0 Å². The van der Waals surface area contributed by atoms with E-state index in [9.17, 15) is 9.59 Å². The third-order valence-electron chi connectivity index (χ3n) is 2.74. The molecule has 4 nitrogen and oxygen atoms in total. The first-order chi connectivity index (χ1) is 8.65. The highest BCUT2D eigenvalue weighted by Crippen LogP contribution is 2.17. The number of unbranched alkanes of at least 4 members (excludes halogenated alkanes) is 3. The van der Waals surface area contributed by atoms with Crippen molar-refractivity contribution in [2.75, 3.05) is 13.2 Å². The fourth-order valence-corrected chi connectivity index (χ4v) is 1.80. The first kappa shape index (κ1) is 16.9. The van der Waals surface area contributed by atoms with Crippen LogP contribution in [0, 0.1) is 5.92 Å². The minimum absolute atomic E-state index is 0.138. The van der Waals surface area contributed by atoms with Crippen molar-refractivity contribution >= 4 is 11.9 Å². The minimum atomic E-state index is -0.346. The Morgan fingerprint density at radius 2 is 1.61 bits per heavy atom. The quantitative estimate of drug-likeness (QED) is 0.446. The summed E-state index contributed by atoms with van der Waals surface area (Å²) in [6.45, 7) is 6.38. The normalized spacial score (nSPS) is 11.9. The monoisotopic (exact) mass is 258 g/mol. The van der Waals surface area contributed by atoms with Gasteiger partial charge in [-0.3, -0.25) is 9.59 Å². The van der Waals surface area contributed by atoms with Gasteiger partial charge in [0.1, 0.15) is 0 Å². The van der Waals surface area contributed by atoms with Crippen LogP contribution in [0.4, 0.5) is 0 Å². The molecule has 0 amide bonds. The molecule has 18 heavy (non-hydrogen) atoms. The predicted molar refractivity (Wildman–Crippen MR) is 70.1 cm³/mol. The SMILES string of the molecule is CCCCCC[C@H](CC(=O)OCC)C(=O)OCC. The molecule has 0 aromatic rings. The molecule has 0 fully saturated rings. The average Bonchev–Trinajstić information content (AvgIpc) is 2.33. The molecule has 0 aromatic carbocycles. The van der Waals surface area contributed by atoms with E-state index in [1.54, 1.807) is 13.8 Å². The van der Waals surface area contributed by atoms with Crippen LogP contribution in [0.2, 0.25) is 0 Å². The van der Waals surface area contributed by atoms with E-state index < -0.39 is 0 Å². The standard InChI is InChI=1S/C14H26O4/c1-4-7-8-9-10-12(14(16)18-6-3)11-13(15)17-5-2/h12H,4-11H2,1-3H3/t12-/m1/s1. The molecular weight excluding hydrogens is 232 g/mol. The van der Waals surface area contributed by atoms with Gasteiger partial charge in [0.2, 0.25) is 0 Å². The van der Waals surface area contributed by atoms with E-state index in [0.29, 0.717) is 19.6 Å². The highest BCUT2D eigenvalue weighted by molar-refractivity contribution is 5.79. The molecule has 0 aliphatic rings. The molecule has 0 aliphatic heterocycles. The van der Waals surface area contributed by atoms with Crippen molar-refractivity contribution in [1.82, 2.24) is 0 Å². The summed E-state index contributed by atoms with van der Waals surface area (Å²) >= 11 is 0. The number of rotatable bonds is 10. The highest BCUT2D eigenvalue weighted by atomic mass is 16.5. The number of carbonyl (C=O) groups is 2. The third kappa shape index (κ3) is 8.09. The number of hydrogen-bond acceptors (Lipinski definition) is 4. The highest BCUT2D eigenvalue weighted by Gasteiger charge is 2.23. The molecule has 0 aliphatic carbocycles. The van der Waals surface area contributed by atoms with Crippen LogP contribution < -0.4 is 0 Å². The Morgan fingerprint density at radius 3 is 2.17 bits per heavy atom. The fourth-order valence-electron chi connectivity index (χ4n) is 1.80. The zero-order valence-corrected chi connectivity index (χ0v) is 11.9. The summed E-state index contributed by atoms with van der Waals surface area (Å²) in [5.41, 5.74) is 0. The summed E-state index contributed by atoms with van der Waals surface area (Å²) in [4.78, 5) is 23.1. The largest absolute Gasteiger partial charge is 0.466 e. The van der Waals surface area contributed by atoms with Crippen LogP contribution in [0.25, 0.3) is 0 Å². The van der Waals surface area contributed by atoms with Crippen LogP contribution in [0.1, 0.15) is 59.3 Å². The molecular formula is C14H26O4. The second kappa shape index (κ2) is 11.1. The zero-order chi connectivity index (χ0) is 13.8. The van der Waals surface area contributed by atoms with Crippen LogP contribution in [0.5, 0.6) is 0 Å². The fraction of sp³-hybridized carbons (Fsp3) is 0.857. The van der Waals surface area contributed by atoms with E-state index in [2.05, 4.69) is 6.92 Å². The molecule has 4 heteroatoms. The van der Waals surface area contributed by atoms with Gasteiger partial charge in [-0.1, -0.05) is 32.6 Å². The first-order valence-corrected chi connectivity index (χ1v) is 6.97. The second-order valence-corrected chi connectivity index (χ2v) is 4.31. The molecule has 1 atom stereocenters. The molecule has 0 bridgehead atoms. The lowest BCUT2D eigenvalue weighted by Crippen LogP contribution is -2.22. The lowest BCUT2D eigenvalue weighted by Gasteiger charge is -2.14. The van der Waals surface area contributed by atoms with Gasteiger partial charge >= 0.3 is 11.9 Å². The summed E-state index contributed by atoms with van der Waals surface area (Å²) in [5, 5.41) is 0. The third-order valence-corrected chi connectivity index (χ3v) is 2.74.